The summed E-state index contributed by atoms with van der Waals surface area (Å²) in [6.07, 6.45) is 4.28. The molecule has 0 saturated heterocycles. The van der Waals surface area contributed by atoms with E-state index in [2.05, 4.69) is 24.1 Å². The first kappa shape index (κ1) is 12.3. The molecular formula is C13H19N3S. The van der Waals surface area contributed by atoms with Gasteiger partial charge in [0.2, 0.25) is 0 Å². The fraction of sp³-hybridized carbons (Fsp3) is 0.538. The molecule has 1 aliphatic rings. The Labute approximate surface area is 108 Å². The lowest BCUT2D eigenvalue weighted by atomic mass is 9.98. The van der Waals surface area contributed by atoms with Gasteiger partial charge in [-0.1, -0.05) is 26.1 Å². The number of anilines is 1. The molecule has 1 aliphatic carbocycles. The van der Waals surface area contributed by atoms with Crippen LogP contribution in [0.1, 0.15) is 32.4 Å². The molecule has 1 fully saturated rings. The first-order valence-corrected chi connectivity index (χ1v) is 6.51. The van der Waals surface area contributed by atoms with Gasteiger partial charge in [-0.05, 0) is 36.8 Å². The van der Waals surface area contributed by atoms with E-state index in [1.54, 1.807) is 6.20 Å². The minimum atomic E-state index is 0.349. The summed E-state index contributed by atoms with van der Waals surface area (Å²) in [5, 5.41) is 3.56. The Morgan fingerprint density at radius 3 is 2.82 bits per heavy atom. The van der Waals surface area contributed by atoms with Crippen LogP contribution < -0.4 is 11.1 Å². The van der Waals surface area contributed by atoms with Gasteiger partial charge in [0, 0.05) is 17.9 Å². The van der Waals surface area contributed by atoms with Crippen molar-refractivity contribution < 1.29 is 0 Å². The van der Waals surface area contributed by atoms with E-state index in [1.807, 2.05) is 12.1 Å². The number of hydrogen-bond acceptors (Lipinski definition) is 3. The molecule has 92 valence electrons. The predicted octanol–water partition coefficient (Wildman–Crippen LogP) is 2.56. The fourth-order valence-corrected chi connectivity index (χ4v) is 2.55. The lowest BCUT2D eigenvalue weighted by Gasteiger charge is -2.21. The third-order valence-corrected chi connectivity index (χ3v) is 4.04. The van der Waals surface area contributed by atoms with Crippen molar-refractivity contribution in [2.45, 2.75) is 32.7 Å². The Kier molecular flexibility index (Phi) is 3.62. The van der Waals surface area contributed by atoms with E-state index >= 15 is 0 Å². The first-order valence-electron chi connectivity index (χ1n) is 6.10. The quantitative estimate of drug-likeness (QED) is 0.808. The lowest BCUT2D eigenvalue weighted by molar-refractivity contribution is 0.435. The maximum Gasteiger partial charge on any atom is 0.122 e. The second-order valence-electron chi connectivity index (χ2n) is 4.96. The molecular weight excluding hydrogens is 230 g/mol. The Balaban J connectivity index is 2.08. The largest absolute Gasteiger partial charge is 0.388 e. The highest BCUT2D eigenvalue weighted by molar-refractivity contribution is 7.80. The Morgan fingerprint density at radius 1 is 1.47 bits per heavy atom. The van der Waals surface area contributed by atoms with Crippen LogP contribution in [0, 0.1) is 11.8 Å². The van der Waals surface area contributed by atoms with E-state index in [1.165, 1.54) is 12.8 Å². The van der Waals surface area contributed by atoms with Crippen molar-refractivity contribution in [3.8, 4) is 0 Å². The number of hydrogen-bond donors (Lipinski definition) is 2. The van der Waals surface area contributed by atoms with Crippen LogP contribution in [-0.2, 0) is 0 Å². The van der Waals surface area contributed by atoms with E-state index in [4.69, 9.17) is 18.0 Å². The van der Waals surface area contributed by atoms with Crippen molar-refractivity contribution in [1.29, 1.82) is 0 Å². The summed E-state index contributed by atoms with van der Waals surface area (Å²) in [7, 11) is 0. The van der Waals surface area contributed by atoms with Crippen LogP contribution in [0.15, 0.2) is 18.3 Å². The molecule has 0 radical (unpaired) electrons. The smallest absolute Gasteiger partial charge is 0.122 e. The van der Waals surface area contributed by atoms with Gasteiger partial charge < -0.3 is 11.1 Å². The summed E-state index contributed by atoms with van der Waals surface area (Å²) in [4.78, 5) is 4.49. The summed E-state index contributed by atoms with van der Waals surface area (Å²) in [5.74, 6) is 1.50. The van der Waals surface area contributed by atoms with Gasteiger partial charge in [-0.3, -0.25) is 4.98 Å². The van der Waals surface area contributed by atoms with E-state index < -0.39 is 0 Å². The van der Waals surface area contributed by atoms with E-state index in [0.717, 1.165) is 11.6 Å². The zero-order valence-corrected chi connectivity index (χ0v) is 11.1. The van der Waals surface area contributed by atoms with Gasteiger partial charge >= 0.3 is 0 Å². The molecule has 1 heterocycles. The van der Waals surface area contributed by atoms with Gasteiger partial charge in [-0.15, -0.1) is 0 Å². The molecule has 1 aromatic rings. The molecule has 3 atom stereocenters. The van der Waals surface area contributed by atoms with Crippen LogP contribution in [0.25, 0.3) is 0 Å². The monoisotopic (exact) mass is 249 g/mol. The van der Waals surface area contributed by atoms with Crippen LogP contribution in [0.4, 0.5) is 5.69 Å². The Bertz CT molecular complexity index is 419. The molecule has 2 rings (SSSR count). The standard InChI is InChI=1S/C13H19N3S/c1-8-3-4-11(9(8)2)16-10-5-6-15-12(7-10)13(14)17/h5-9,11H,3-4H2,1-2H3,(H2,14,17)(H,15,16). The van der Waals surface area contributed by atoms with Gasteiger partial charge in [0.15, 0.2) is 0 Å². The van der Waals surface area contributed by atoms with Gasteiger partial charge in [-0.2, -0.15) is 0 Å². The normalized spacial score (nSPS) is 28.0. The summed E-state index contributed by atoms with van der Waals surface area (Å²) >= 11 is 4.93. The molecule has 3 nitrogen and oxygen atoms in total. The number of pyridine rings is 1. The van der Waals surface area contributed by atoms with Crippen molar-refractivity contribution in [2.24, 2.45) is 17.6 Å². The van der Waals surface area contributed by atoms with Crippen LogP contribution in [-0.4, -0.2) is 16.0 Å². The predicted molar refractivity (Wildman–Crippen MR) is 75.1 cm³/mol. The highest BCUT2D eigenvalue weighted by Gasteiger charge is 2.29. The highest BCUT2D eigenvalue weighted by Crippen LogP contribution is 2.33. The molecule has 17 heavy (non-hydrogen) atoms. The van der Waals surface area contributed by atoms with Crippen molar-refractivity contribution in [3.05, 3.63) is 24.0 Å². The van der Waals surface area contributed by atoms with E-state index in [-0.39, 0.29) is 0 Å². The maximum atomic E-state index is 5.58. The van der Waals surface area contributed by atoms with E-state index in [0.29, 0.717) is 22.6 Å². The van der Waals surface area contributed by atoms with Crippen molar-refractivity contribution in [1.82, 2.24) is 4.98 Å². The van der Waals surface area contributed by atoms with Gasteiger partial charge in [0.05, 0.1) is 5.69 Å². The molecule has 0 aromatic carbocycles. The average Bonchev–Trinajstić information content (AvgIpc) is 2.61. The fourth-order valence-electron chi connectivity index (χ4n) is 2.44. The molecule has 0 aliphatic heterocycles. The van der Waals surface area contributed by atoms with Gasteiger partial charge in [0.25, 0.3) is 0 Å². The third kappa shape index (κ3) is 2.75. The molecule has 3 unspecified atom stereocenters. The number of rotatable bonds is 3. The number of nitrogens with two attached hydrogens (primary N) is 1. The van der Waals surface area contributed by atoms with Crippen molar-refractivity contribution in [2.75, 3.05) is 5.32 Å². The summed E-state index contributed by atoms with van der Waals surface area (Å²) in [5.41, 5.74) is 7.33. The molecule has 4 heteroatoms. The zero-order chi connectivity index (χ0) is 12.4. The Morgan fingerprint density at radius 2 is 2.24 bits per heavy atom. The van der Waals surface area contributed by atoms with Gasteiger partial charge in [0.1, 0.15) is 4.99 Å². The van der Waals surface area contributed by atoms with Crippen molar-refractivity contribution >= 4 is 22.9 Å². The molecule has 3 N–H and O–H groups in total. The molecule has 1 aromatic heterocycles. The number of aromatic nitrogens is 1. The second kappa shape index (κ2) is 5.00. The van der Waals surface area contributed by atoms with Crippen molar-refractivity contribution in [3.63, 3.8) is 0 Å². The maximum absolute atomic E-state index is 5.58. The molecule has 0 amide bonds. The third-order valence-electron chi connectivity index (χ3n) is 3.83. The highest BCUT2D eigenvalue weighted by atomic mass is 32.1. The number of nitrogens with one attached hydrogen (secondary N) is 1. The minimum Gasteiger partial charge on any atom is -0.388 e. The SMILES string of the molecule is CC1CCC(Nc2ccnc(C(N)=S)c2)C1C. The summed E-state index contributed by atoms with van der Waals surface area (Å²) < 4.78 is 0. The zero-order valence-electron chi connectivity index (χ0n) is 10.3. The summed E-state index contributed by atoms with van der Waals surface area (Å²) in [6, 6.07) is 4.45. The summed E-state index contributed by atoms with van der Waals surface area (Å²) in [6.45, 7) is 4.63. The second-order valence-corrected chi connectivity index (χ2v) is 5.40. The van der Waals surface area contributed by atoms with Gasteiger partial charge in [-0.25, -0.2) is 0 Å². The van der Waals surface area contributed by atoms with Crippen LogP contribution in [0.5, 0.6) is 0 Å². The lowest BCUT2D eigenvalue weighted by Crippen LogP contribution is -2.24. The topological polar surface area (TPSA) is 50.9 Å². The average molecular weight is 249 g/mol. The molecule has 0 bridgehead atoms. The van der Waals surface area contributed by atoms with Crippen LogP contribution in [0.2, 0.25) is 0 Å². The first-order chi connectivity index (χ1) is 8.08. The van der Waals surface area contributed by atoms with Crippen LogP contribution >= 0.6 is 12.2 Å². The number of thiocarbonyl (C=S) groups is 1. The number of nitrogens with zero attached hydrogens (tertiary/aromatic N) is 1. The minimum absolute atomic E-state index is 0.349. The Hall–Kier alpha value is -1.16. The molecule has 1 saturated carbocycles. The molecule has 0 spiro atoms. The van der Waals surface area contributed by atoms with Crippen LogP contribution in [0.3, 0.4) is 0 Å². The van der Waals surface area contributed by atoms with E-state index in [9.17, 15) is 0 Å².